The van der Waals surface area contributed by atoms with E-state index in [0.29, 0.717) is 24.7 Å². The monoisotopic (exact) mass is 348 g/mol. The van der Waals surface area contributed by atoms with E-state index in [0.717, 1.165) is 11.3 Å². The van der Waals surface area contributed by atoms with Gasteiger partial charge in [-0.05, 0) is 36.8 Å². The summed E-state index contributed by atoms with van der Waals surface area (Å²) in [4.78, 5) is 11.8. The smallest absolute Gasteiger partial charge is 0.244 e. The van der Waals surface area contributed by atoms with Crippen LogP contribution < -0.4 is 10.6 Å². The molecule has 3 aromatic rings. The number of benzene rings is 1. The van der Waals surface area contributed by atoms with Crippen molar-refractivity contribution in [3.05, 3.63) is 72.1 Å². The molecule has 0 fully saturated rings. The van der Waals surface area contributed by atoms with Gasteiger partial charge in [0, 0.05) is 25.4 Å². The van der Waals surface area contributed by atoms with Crippen molar-refractivity contribution in [3.63, 3.8) is 0 Å². The number of hydrogen-bond acceptors (Lipinski definition) is 5. The zero-order valence-corrected chi connectivity index (χ0v) is 14.5. The fourth-order valence-electron chi connectivity index (χ4n) is 2.26. The highest BCUT2D eigenvalue weighted by Crippen LogP contribution is 2.06. The van der Waals surface area contributed by atoms with Crippen molar-refractivity contribution in [1.82, 2.24) is 25.3 Å². The van der Waals surface area contributed by atoms with Crippen LogP contribution in [0.1, 0.15) is 11.3 Å². The van der Waals surface area contributed by atoms with E-state index in [1.807, 2.05) is 61.7 Å². The largest absolute Gasteiger partial charge is 0.367 e. The van der Waals surface area contributed by atoms with E-state index < -0.39 is 0 Å². The maximum absolute atomic E-state index is 11.8. The number of aromatic nitrogens is 4. The van der Waals surface area contributed by atoms with Crippen molar-refractivity contribution in [2.24, 2.45) is 0 Å². The lowest BCUT2D eigenvalue weighted by Gasteiger charge is -2.06. The Balaban J connectivity index is 1.41. The molecule has 0 unspecified atom stereocenters. The molecule has 26 heavy (non-hydrogen) atoms. The Morgan fingerprint density at radius 2 is 1.92 bits per heavy atom. The number of nitrogens with zero attached hydrogens (tertiary/aromatic N) is 4. The van der Waals surface area contributed by atoms with Crippen LogP contribution in [0.5, 0.6) is 0 Å². The number of aryl methyl sites for hydroxylation is 1. The maximum Gasteiger partial charge on any atom is 0.244 e. The van der Waals surface area contributed by atoms with Gasteiger partial charge in [0.1, 0.15) is 5.82 Å². The molecule has 0 aliphatic carbocycles. The summed E-state index contributed by atoms with van der Waals surface area (Å²) in [5.41, 5.74) is 1.91. The minimum absolute atomic E-state index is 0.133. The molecule has 2 N–H and O–H groups in total. The number of anilines is 1. The molecule has 0 spiro atoms. The van der Waals surface area contributed by atoms with Gasteiger partial charge in [0.2, 0.25) is 5.91 Å². The Labute approximate surface area is 151 Å². The van der Waals surface area contributed by atoms with Gasteiger partial charge in [-0.15, -0.1) is 10.2 Å². The van der Waals surface area contributed by atoms with E-state index in [1.165, 1.54) is 6.08 Å². The van der Waals surface area contributed by atoms with Gasteiger partial charge in [-0.25, -0.2) is 4.68 Å². The van der Waals surface area contributed by atoms with Gasteiger partial charge in [0.05, 0.1) is 5.69 Å². The molecule has 2 aromatic heterocycles. The second-order valence-electron chi connectivity index (χ2n) is 5.64. The first-order valence-corrected chi connectivity index (χ1v) is 8.32. The first kappa shape index (κ1) is 17.3. The Morgan fingerprint density at radius 3 is 2.62 bits per heavy atom. The lowest BCUT2D eigenvalue weighted by Crippen LogP contribution is -2.27. The van der Waals surface area contributed by atoms with Crippen molar-refractivity contribution >= 4 is 17.8 Å². The maximum atomic E-state index is 11.8. The van der Waals surface area contributed by atoms with Crippen LogP contribution in [-0.2, 0) is 4.79 Å². The van der Waals surface area contributed by atoms with Crippen LogP contribution in [-0.4, -0.2) is 39.0 Å². The Bertz CT molecular complexity index is 871. The van der Waals surface area contributed by atoms with Crippen LogP contribution in [0.4, 0.5) is 5.82 Å². The molecule has 0 radical (unpaired) electrons. The van der Waals surface area contributed by atoms with Crippen LogP contribution in [0.3, 0.4) is 0 Å². The fourth-order valence-corrected chi connectivity index (χ4v) is 2.26. The van der Waals surface area contributed by atoms with E-state index in [4.69, 9.17) is 0 Å². The van der Waals surface area contributed by atoms with Crippen molar-refractivity contribution in [2.45, 2.75) is 6.92 Å². The summed E-state index contributed by atoms with van der Waals surface area (Å²) in [6.07, 6.45) is 5.14. The second-order valence-corrected chi connectivity index (χ2v) is 5.64. The molecule has 0 atom stereocenters. The molecule has 0 bridgehead atoms. The van der Waals surface area contributed by atoms with Crippen LogP contribution >= 0.6 is 0 Å². The molecule has 0 aliphatic heterocycles. The highest BCUT2D eigenvalue weighted by Gasteiger charge is 2.01. The van der Waals surface area contributed by atoms with Gasteiger partial charge in [-0.1, -0.05) is 30.3 Å². The molecule has 0 saturated carbocycles. The predicted molar refractivity (Wildman–Crippen MR) is 101 cm³/mol. The van der Waals surface area contributed by atoms with Crippen LogP contribution in [0.2, 0.25) is 0 Å². The fraction of sp³-hybridized carbons (Fsp3) is 0.158. The quantitative estimate of drug-likeness (QED) is 0.505. The van der Waals surface area contributed by atoms with E-state index in [9.17, 15) is 4.79 Å². The molecule has 0 saturated heterocycles. The van der Waals surface area contributed by atoms with E-state index in [-0.39, 0.29) is 5.91 Å². The molecule has 1 amide bonds. The number of carbonyl (C=O) groups is 1. The molecular formula is C19H20N6O. The number of nitrogens with one attached hydrogen (secondary N) is 2. The predicted octanol–water partition coefficient (Wildman–Crippen LogP) is 2.21. The van der Waals surface area contributed by atoms with Gasteiger partial charge in [0.15, 0.2) is 5.82 Å². The van der Waals surface area contributed by atoms with E-state index >= 15 is 0 Å². The van der Waals surface area contributed by atoms with Crippen molar-refractivity contribution in [2.75, 3.05) is 18.4 Å². The van der Waals surface area contributed by atoms with E-state index in [1.54, 1.807) is 10.8 Å². The van der Waals surface area contributed by atoms with Crippen molar-refractivity contribution in [1.29, 1.82) is 0 Å². The molecule has 7 heteroatoms. The number of carbonyl (C=O) groups excluding carboxylic acids is 1. The average Bonchev–Trinajstić information content (AvgIpc) is 3.11. The highest BCUT2D eigenvalue weighted by molar-refractivity contribution is 5.91. The van der Waals surface area contributed by atoms with Gasteiger partial charge in [0.25, 0.3) is 0 Å². The van der Waals surface area contributed by atoms with Gasteiger partial charge >= 0.3 is 0 Å². The third-order valence-corrected chi connectivity index (χ3v) is 3.56. The SMILES string of the molecule is Cc1ccn(-c2ccc(NCCNC(=O)/C=C/c3ccccc3)nn2)n1. The number of rotatable bonds is 7. The Kier molecular flexibility index (Phi) is 5.72. The lowest BCUT2D eigenvalue weighted by atomic mass is 10.2. The molecule has 1 aromatic carbocycles. The van der Waals surface area contributed by atoms with Crippen molar-refractivity contribution in [3.8, 4) is 5.82 Å². The summed E-state index contributed by atoms with van der Waals surface area (Å²) in [6, 6.07) is 15.3. The van der Waals surface area contributed by atoms with Gasteiger partial charge < -0.3 is 10.6 Å². The van der Waals surface area contributed by atoms with Crippen LogP contribution in [0.15, 0.2) is 60.8 Å². The van der Waals surface area contributed by atoms with Gasteiger partial charge in [-0.2, -0.15) is 5.10 Å². The Hall–Kier alpha value is -3.48. The number of hydrogen-bond donors (Lipinski definition) is 2. The summed E-state index contributed by atoms with van der Waals surface area (Å²) in [5.74, 6) is 1.17. The minimum atomic E-state index is -0.133. The van der Waals surface area contributed by atoms with Gasteiger partial charge in [-0.3, -0.25) is 4.79 Å². The third kappa shape index (κ3) is 5.01. The Morgan fingerprint density at radius 1 is 1.08 bits per heavy atom. The summed E-state index contributed by atoms with van der Waals surface area (Å²) in [7, 11) is 0. The first-order chi connectivity index (χ1) is 12.7. The lowest BCUT2D eigenvalue weighted by molar-refractivity contribution is -0.116. The number of amides is 1. The summed E-state index contributed by atoms with van der Waals surface area (Å²) in [6.45, 7) is 2.96. The topological polar surface area (TPSA) is 84.7 Å². The molecule has 0 aliphatic rings. The molecular weight excluding hydrogens is 328 g/mol. The van der Waals surface area contributed by atoms with E-state index in [2.05, 4.69) is 25.9 Å². The molecule has 7 nitrogen and oxygen atoms in total. The highest BCUT2D eigenvalue weighted by atomic mass is 16.1. The zero-order chi connectivity index (χ0) is 18.2. The van der Waals surface area contributed by atoms with Crippen LogP contribution in [0, 0.1) is 6.92 Å². The normalized spacial score (nSPS) is 10.8. The molecule has 132 valence electrons. The van der Waals surface area contributed by atoms with Crippen molar-refractivity contribution < 1.29 is 4.79 Å². The van der Waals surface area contributed by atoms with Crippen LogP contribution in [0.25, 0.3) is 11.9 Å². The minimum Gasteiger partial charge on any atom is -0.367 e. The molecule has 2 heterocycles. The second kappa shape index (κ2) is 8.57. The standard InChI is InChI=1S/C19H20N6O/c1-15-11-14-25(24-15)18-9-8-17(22-23-18)20-12-13-21-19(26)10-7-16-5-3-2-4-6-16/h2-11,14H,12-13H2,1H3,(H,20,22)(H,21,26)/b10-7+. The summed E-state index contributed by atoms with van der Waals surface area (Å²) in [5, 5.41) is 18.4. The summed E-state index contributed by atoms with van der Waals surface area (Å²) >= 11 is 0. The third-order valence-electron chi connectivity index (χ3n) is 3.56. The average molecular weight is 348 g/mol. The first-order valence-electron chi connectivity index (χ1n) is 8.32. The zero-order valence-electron chi connectivity index (χ0n) is 14.5. The summed E-state index contributed by atoms with van der Waals surface area (Å²) < 4.78 is 1.67. The molecule has 3 rings (SSSR count).